The summed E-state index contributed by atoms with van der Waals surface area (Å²) in [5.41, 5.74) is 5.43. The third-order valence-electron chi connectivity index (χ3n) is 3.25. The molecule has 0 bridgehead atoms. The molecule has 0 radical (unpaired) electrons. The number of hydrogen-bond donors (Lipinski definition) is 2. The Balaban J connectivity index is 2.27. The number of anilines is 1. The zero-order chi connectivity index (χ0) is 14.0. The summed E-state index contributed by atoms with van der Waals surface area (Å²) >= 11 is 0. The summed E-state index contributed by atoms with van der Waals surface area (Å²) in [6.07, 6.45) is 2.14. The second-order valence-electron chi connectivity index (χ2n) is 4.58. The van der Waals surface area contributed by atoms with Gasteiger partial charge < -0.3 is 15.8 Å². The highest BCUT2D eigenvalue weighted by molar-refractivity contribution is 5.59. The molecule has 1 aromatic carbocycles. The molecular formula is C12H16FN3O3. The first-order valence-corrected chi connectivity index (χ1v) is 6.05. The van der Waals surface area contributed by atoms with E-state index in [0.717, 1.165) is 18.9 Å². The van der Waals surface area contributed by atoms with Crippen molar-refractivity contribution in [3.63, 3.8) is 0 Å². The summed E-state index contributed by atoms with van der Waals surface area (Å²) in [7, 11) is 1.31. The van der Waals surface area contributed by atoms with E-state index in [0.29, 0.717) is 12.5 Å². The number of halogens is 1. The number of methoxy groups -OCH3 is 1. The van der Waals surface area contributed by atoms with Crippen LogP contribution in [-0.2, 0) is 0 Å². The van der Waals surface area contributed by atoms with Crippen LogP contribution >= 0.6 is 0 Å². The number of benzene rings is 1. The minimum Gasteiger partial charge on any atom is -0.490 e. The van der Waals surface area contributed by atoms with Crippen molar-refractivity contribution in [2.45, 2.75) is 18.9 Å². The van der Waals surface area contributed by atoms with Gasteiger partial charge in [-0.1, -0.05) is 0 Å². The van der Waals surface area contributed by atoms with E-state index in [2.05, 4.69) is 5.32 Å². The number of nitro groups is 1. The van der Waals surface area contributed by atoms with Gasteiger partial charge in [-0.2, -0.15) is 0 Å². The Hall–Kier alpha value is -1.89. The van der Waals surface area contributed by atoms with Crippen LogP contribution in [0.5, 0.6) is 5.75 Å². The Labute approximate surface area is 109 Å². The predicted octanol–water partition coefficient (Wildman–Crippen LogP) is 1.89. The lowest BCUT2D eigenvalue weighted by atomic mass is 10.1. The normalized spacial score (nSPS) is 15.9. The summed E-state index contributed by atoms with van der Waals surface area (Å²) < 4.78 is 18.8. The van der Waals surface area contributed by atoms with E-state index in [-0.39, 0.29) is 23.2 Å². The van der Waals surface area contributed by atoms with Crippen molar-refractivity contribution in [2.75, 3.05) is 19.0 Å². The maximum absolute atomic E-state index is 13.8. The molecule has 1 aliphatic rings. The fourth-order valence-electron chi connectivity index (χ4n) is 2.03. The second kappa shape index (κ2) is 5.40. The standard InChI is InChI=1S/C12H16FN3O3/c1-19-12-5-9(8(13)4-11(12)16(17)18)15-10(6-14)7-2-3-7/h4-5,7,10,15H,2-3,6,14H2,1H3. The van der Waals surface area contributed by atoms with Gasteiger partial charge in [0.15, 0.2) is 11.6 Å². The first kappa shape index (κ1) is 13.5. The fraction of sp³-hybridized carbons (Fsp3) is 0.500. The number of rotatable bonds is 6. The number of hydrogen-bond acceptors (Lipinski definition) is 5. The highest BCUT2D eigenvalue weighted by atomic mass is 19.1. The van der Waals surface area contributed by atoms with E-state index in [1.807, 2.05) is 0 Å². The molecular weight excluding hydrogens is 253 g/mol. The predicted molar refractivity (Wildman–Crippen MR) is 68.8 cm³/mol. The molecule has 0 spiro atoms. The largest absolute Gasteiger partial charge is 0.490 e. The zero-order valence-electron chi connectivity index (χ0n) is 10.6. The van der Waals surface area contributed by atoms with Crippen molar-refractivity contribution in [1.29, 1.82) is 0 Å². The van der Waals surface area contributed by atoms with Crippen LogP contribution in [0.4, 0.5) is 15.8 Å². The van der Waals surface area contributed by atoms with Crippen LogP contribution in [0.25, 0.3) is 0 Å². The third-order valence-corrected chi connectivity index (χ3v) is 3.25. The SMILES string of the molecule is COc1cc(NC(CN)C2CC2)c(F)cc1[N+](=O)[O-]. The highest BCUT2D eigenvalue weighted by Gasteiger charge is 2.31. The molecule has 1 atom stereocenters. The van der Waals surface area contributed by atoms with Crippen molar-refractivity contribution in [1.82, 2.24) is 0 Å². The van der Waals surface area contributed by atoms with Gasteiger partial charge in [0, 0.05) is 18.7 Å². The van der Waals surface area contributed by atoms with E-state index >= 15 is 0 Å². The molecule has 1 aromatic rings. The van der Waals surface area contributed by atoms with E-state index in [9.17, 15) is 14.5 Å². The molecule has 1 unspecified atom stereocenters. The third kappa shape index (κ3) is 2.93. The van der Waals surface area contributed by atoms with Crippen molar-refractivity contribution in [3.05, 3.63) is 28.1 Å². The van der Waals surface area contributed by atoms with Crippen LogP contribution in [0.3, 0.4) is 0 Å². The fourth-order valence-corrected chi connectivity index (χ4v) is 2.03. The lowest BCUT2D eigenvalue weighted by Crippen LogP contribution is -2.31. The summed E-state index contributed by atoms with van der Waals surface area (Å²) in [4.78, 5) is 10.1. The smallest absolute Gasteiger partial charge is 0.313 e. The molecule has 1 aliphatic carbocycles. The van der Waals surface area contributed by atoms with Gasteiger partial charge in [-0.25, -0.2) is 4.39 Å². The zero-order valence-corrected chi connectivity index (χ0v) is 10.6. The van der Waals surface area contributed by atoms with Gasteiger partial charge in [0.05, 0.1) is 23.8 Å². The van der Waals surface area contributed by atoms with Crippen LogP contribution in [0, 0.1) is 21.8 Å². The first-order chi connectivity index (χ1) is 9.06. The molecule has 6 nitrogen and oxygen atoms in total. The molecule has 7 heteroatoms. The van der Waals surface area contributed by atoms with E-state index in [4.69, 9.17) is 10.5 Å². The summed E-state index contributed by atoms with van der Waals surface area (Å²) in [6.45, 7) is 0.392. The average molecular weight is 269 g/mol. The summed E-state index contributed by atoms with van der Waals surface area (Å²) in [5, 5.41) is 13.8. The minimum absolute atomic E-state index is 0.0133. The maximum atomic E-state index is 13.8. The number of nitrogens with one attached hydrogen (secondary N) is 1. The second-order valence-corrected chi connectivity index (χ2v) is 4.58. The number of nitrogens with two attached hydrogens (primary N) is 1. The van der Waals surface area contributed by atoms with Crippen LogP contribution < -0.4 is 15.8 Å². The van der Waals surface area contributed by atoms with Gasteiger partial charge in [-0.3, -0.25) is 10.1 Å². The van der Waals surface area contributed by atoms with E-state index in [1.54, 1.807) is 0 Å². The average Bonchev–Trinajstić information content (AvgIpc) is 3.21. The van der Waals surface area contributed by atoms with Gasteiger partial charge in [0.25, 0.3) is 0 Å². The van der Waals surface area contributed by atoms with Crippen molar-refractivity contribution >= 4 is 11.4 Å². The first-order valence-electron chi connectivity index (χ1n) is 6.05. The van der Waals surface area contributed by atoms with Crippen LogP contribution in [0.1, 0.15) is 12.8 Å². The molecule has 1 saturated carbocycles. The van der Waals surface area contributed by atoms with Gasteiger partial charge >= 0.3 is 5.69 Å². The highest BCUT2D eigenvalue weighted by Crippen LogP contribution is 2.36. The molecule has 104 valence electrons. The molecule has 0 heterocycles. The maximum Gasteiger partial charge on any atom is 0.313 e. The Kier molecular flexibility index (Phi) is 3.84. The summed E-state index contributed by atoms with van der Waals surface area (Å²) in [5.74, 6) is -0.197. The number of nitrogens with zero attached hydrogens (tertiary/aromatic N) is 1. The van der Waals surface area contributed by atoms with Gasteiger partial charge in [0.2, 0.25) is 0 Å². The number of nitro benzene ring substituents is 1. The Morgan fingerprint density at radius 2 is 2.32 bits per heavy atom. The van der Waals surface area contributed by atoms with Crippen molar-refractivity contribution in [3.8, 4) is 5.75 Å². The number of ether oxygens (including phenoxy) is 1. The molecule has 0 aromatic heterocycles. The van der Waals surface area contributed by atoms with Gasteiger partial charge in [-0.15, -0.1) is 0 Å². The Morgan fingerprint density at radius 3 is 2.79 bits per heavy atom. The molecule has 0 saturated heterocycles. The lowest BCUT2D eigenvalue weighted by molar-refractivity contribution is -0.385. The topological polar surface area (TPSA) is 90.4 Å². The molecule has 2 rings (SSSR count). The Morgan fingerprint density at radius 1 is 1.63 bits per heavy atom. The Bertz CT molecular complexity index is 491. The van der Waals surface area contributed by atoms with E-state index in [1.165, 1.54) is 13.2 Å². The molecule has 0 amide bonds. The minimum atomic E-state index is -0.674. The lowest BCUT2D eigenvalue weighted by Gasteiger charge is -2.18. The van der Waals surface area contributed by atoms with Crippen molar-refractivity contribution < 1.29 is 14.1 Å². The van der Waals surface area contributed by atoms with Crippen molar-refractivity contribution in [2.24, 2.45) is 11.7 Å². The quantitative estimate of drug-likeness (QED) is 0.608. The van der Waals surface area contributed by atoms with Gasteiger partial charge in [-0.05, 0) is 18.8 Å². The van der Waals surface area contributed by atoms with E-state index < -0.39 is 10.7 Å². The molecule has 1 fully saturated rings. The van der Waals surface area contributed by atoms with Crippen LogP contribution in [0.2, 0.25) is 0 Å². The van der Waals surface area contributed by atoms with Crippen LogP contribution in [-0.4, -0.2) is 24.6 Å². The summed E-state index contributed by atoms with van der Waals surface area (Å²) in [6, 6.07) is 2.15. The molecule has 3 N–H and O–H groups in total. The molecule has 19 heavy (non-hydrogen) atoms. The molecule has 0 aliphatic heterocycles. The van der Waals surface area contributed by atoms with Crippen LogP contribution in [0.15, 0.2) is 12.1 Å². The monoisotopic (exact) mass is 269 g/mol. The van der Waals surface area contributed by atoms with Gasteiger partial charge in [0.1, 0.15) is 0 Å².